The summed E-state index contributed by atoms with van der Waals surface area (Å²) in [5, 5.41) is 19.4. The maximum absolute atomic E-state index is 12.7. The van der Waals surface area contributed by atoms with Crippen LogP contribution in [-0.4, -0.2) is 48.2 Å². The van der Waals surface area contributed by atoms with Gasteiger partial charge in [0.05, 0.1) is 13.2 Å². The van der Waals surface area contributed by atoms with Crippen LogP contribution in [0.3, 0.4) is 0 Å². The number of nitriles is 2. The van der Waals surface area contributed by atoms with Crippen molar-refractivity contribution in [1.82, 2.24) is 0 Å². The predicted molar refractivity (Wildman–Crippen MR) is 265 cm³/mol. The van der Waals surface area contributed by atoms with Gasteiger partial charge in [-0.15, -0.1) is 47.0 Å². The Labute approximate surface area is 384 Å². The standard InChI is InChI=1S/C51H66N2O4S4/c1-5-7-9-11-13-15-17-19-29-56-49(54)45(33-52)31-41-21-25-43(26-22-41)47-39(3)58-35-51(37-60-47)36-59-40(4)48(61-38-51)44-27-23-42(24-28-44)32-46(34-53)50(55)57-30-20-18-16-14-12-10-8-6-2/h21-28,31-32H,5-20,29-30,35-38H2,1-4H3/b45-31-,46-32+. The summed E-state index contributed by atoms with van der Waals surface area (Å²) in [6.45, 7) is 9.57. The van der Waals surface area contributed by atoms with Crippen molar-refractivity contribution in [1.29, 1.82) is 10.5 Å². The maximum atomic E-state index is 12.7. The van der Waals surface area contributed by atoms with E-state index in [4.69, 9.17) is 9.47 Å². The Hall–Kier alpha value is -3.28. The third kappa shape index (κ3) is 17.4. The number of nitrogens with zero attached hydrogens (tertiary/aromatic N) is 2. The van der Waals surface area contributed by atoms with Crippen LogP contribution in [0.5, 0.6) is 0 Å². The molecular weight excluding hydrogens is 833 g/mol. The minimum Gasteiger partial charge on any atom is -0.462 e. The summed E-state index contributed by atoms with van der Waals surface area (Å²) in [5.74, 6) is 2.99. The van der Waals surface area contributed by atoms with E-state index in [0.717, 1.165) is 83.8 Å². The van der Waals surface area contributed by atoms with Gasteiger partial charge in [0.1, 0.15) is 23.3 Å². The molecule has 2 aliphatic heterocycles. The topological polar surface area (TPSA) is 100 Å². The molecule has 1 spiro atoms. The number of carbonyl (C=O) groups is 2. The Kier molecular flexibility index (Phi) is 23.5. The largest absolute Gasteiger partial charge is 0.462 e. The van der Waals surface area contributed by atoms with Gasteiger partial charge >= 0.3 is 11.9 Å². The van der Waals surface area contributed by atoms with Crippen LogP contribution >= 0.6 is 47.0 Å². The molecule has 0 aliphatic carbocycles. The Morgan fingerprint density at radius 2 is 0.869 bits per heavy atom. The zero-order valence-corrected chi connectivity index (χ0v) is 40.3. The monoisotopic (exact) mass is 898 g/mol. The molecule has 2 aliphatic rings. The molecule has 0 amide bonds. The number of thioether (sulfide) groups is 4. The fourth-order valence-corrected chi connectivity index (χ4v) is 13.3. The molecule has 10 heteroatoms. The number of carbonyl (C=O) groups excluding carboxylic acids is 2. The van der Waals surface area contributed by atoms with Gasteiger partial charge in [0.25, 0.3) is 0 Å². The van der Waals surface area contributed by atoms with Crippen molar-refractivity contribution in [3.63, 3.8) is 0 Å². The summed E-state index contributed by atoms with van der Waals surface area (Å²) in [5.41, 5.74) is 4.09. The van der Waals surface area contributed by atoms with Gasteiger partial charge in [-0.2, -0.15) is 10.5 Å². The number of rotatable bonds is 24. The zero-order valence-electron chi connectivity index (χ0n) is 37.0. The average Bonchev–Trinajstić information content (AvgIpc) is 3.55. The average molecular weight is 899 g/mol. The minimum atomic E-state index is -0.553. The molecule has 0 aromatic heterocycles. The Balaban J connectivity index is 1.27. The van der Waals surface area contributed by atoms with E-state index in [2.05, 4.69) is 52.0 Å². The van der Waals surface area contributed by atoms with E-state index in [9.17, 15) is 20.1 Å². The van der Waals surface area contributed by atoms with Crippen LogP contribution < -0.4 is 0 Å². The molecule has 0 bridgehead atoms. The fraction of sp³-hybridized carbons (Fsp3) is 0.529. The molecule has 0 radical (unpaired) electrons. The molecular formula is C51H66N2O4S4. The molecule has 1 atom stereocenters. The van der Waals surface area contributed by atoms with Gasteiger partial charge < -0.3 is 9.47 Å². The number of benzene rings is 2. The lowest BCUT2D eigenvalue weighted by atomic mass is 9.99. The highest BCUT2D eigenvalue weighted by molar-refractivity contribution is 8.13. The van der Waals surface area contributed by atoms with Crippen LogP contribution in [0.25, 0.3) is 22.0 Å². The number of allylic oxidation sites excluding steroid dienone is 2. The first-order valence-electron chi connectivity index (χ1n) is 22.4. The van der Waals surface area contributed by atoms with Crippen molar-refractivity contribution < 1.29 is 19.1 Å². The van der Waals surface area contributed by atoms with Gasteiger partial charge in [-0.1, -0.05) is 152 Å². The van der Waals surface area contributed by atoms with Crippen LogP contribution in [0, 0.1) is 28.1 Å². The molecule has 2 aromatic rings. The summed E-state index contributed by atoms with van der Waals surface area (Å²) in [4.78, 5) is 30.5. The fourth-order valence-electron chi connectivity index (χ4n) is 7.16. The van der Waals surface area contributed by atoms with Crippen LogP contribution in [0.15, 0.2) is 69.5 Å². The molecule has 2 heterocycles. The van der Waals surface area contributed by atoms with Gasteiger partial charge in [0.15, 0.2) is 0 Å². The number of esters is 2. The lowest BCUT2D eigenvalue weighted by Gasteiger charge is -2.30. The van der Waals surface area contributed by atoms with Crippen molar-refractivity contribution in [3.05, 3.63) is 91.7 Å². The number of ether oxygens (including phenoxy) is 2. The van der Waals surface area contributed by atoms with Crippen molar-refractivity contribution in [3.8, 4) is 12.1 Å². The summed E-state index contributed by atoms with van der Waals surface area (Å²) >= 11 is 7.75. The molecule has 0 saturated carbocycles. The van der Waals surface area contributed by atoms with Gasteiger partial charge in [-0.25, -0.2) is 9.59 Å². The Morgan fingerprint density at radius 3 is 1.21 bits per heavy atom. The van der Waals surface area contributed by atoms with Gasteiger partial charge in [-0.3, -0.25) is 0 Å². The number of unbranched alkanes of at least 4 members (excludes halogenated alkanes) is 14. The third-order valence-corrected chi connectivity index (χ3v) is 17.2. The smallest absolute Gasteiger partial charge is 0.348 e. The first-order valence-corrected chi connectivity index (χ1v) is 26.4. The van der Waals surface area contributed by atoms with E-state index in [0.29, 0.717) is 13.2 Å². The quantitative estimate of drug-likeness (QED) is 0.0438. The highest BCUT2D eigenvalue weighted by atomic mass is 32.2. The molecule has 1 unspecified atom stereocenters. The molecule has 61 heavy (non-hydrogen) atoms. The molecule has 4 rings (SSSR count). The van der Waals surface area contributed by atoms with Crippen LogP contribution in [0.1, 0.15) is 153 Å². The molecule has 2 aromatic carbocycles. The molecule has 0 fully saturated rings. The zero-order chi connectivity index (χ0) is 43.7. The van der Waals surface area contributed by atoms with Crippen molar-refractivity contribution in [2.75, 3.05) is 36.2 Å². The van der Waals surface area contributed by atoms with Crippen LogP contribution in [0.4, 0.5) is 0 Å². The van der Waals surface area contributed by atoms with E-state index in [-0.39, 0.29) is 16.6 Å². The first kappa shape index (κ1) is 50.4. The second kappa shape index (κ2) is 28.4. The van der Waals surface area contributed by atoms with E-state index in [1.165, 1.54) is 83.8 Å². The SMILES string of the molecule is CCCCCCCCCCOC(=O)/C(C#N)=C\c1ccc(C2=C(C)SCC3(CSC(C)=C(c4ccc(/C=C(\C#N)C(=O)OCCCCCCCCCC)cc4)SC3)CS2)cc1. The predicted octanol–water partition coefficient (Wildman–Crippen LogP) is 14.9. The lowest BCUT2D eigenvalue weighted by molar-refractivity contribution is -0.139. The molecule has 0 saturated heterocycles. The summed E-state index contributed by atoms with van der Waals surface area (Å²) in [7, 11) is 0. The normalized spacial score (nSPS) is 17.4. The first-order chi connectivity index (χ1) is 29.7. The summed E-state index contributed by atoms with van der Waals surface area (Å²) in [6, 6.07) is 20.4. The maximum Gasteiger partial charge on any atom is 0.348 e. The summed E-state index contributed by atoms with van der Waals surface area (Å²) < 4.78 is 10.9. The lowest BCUT2D eigenvalue weighted by Crippen LogP contribution is -2.31. The van der Waals surface area contributed by atoms with Crippen molar-refractivity contribution in [2.24, 2.45) is 5.41 Å². The van der Waals surface area contributed by atoms with Gasteiger partial charge in [0.2, 0.25) is 0 Å². The van der Waals surface area contributed by atoms with Crippen molar-refractivity contribution >= 4 is 80.9 Å². The number of hydrogen-bond donors (Lipinski definition) is 0. The van der Waals surface area contributed by atoms with Crippen molar-refractivity contribution in [2.45, 2.75) is 130 Å². The molecule has 0 N–H and O–H groups in total. The second-order valence-electron chi connectivity index (χ2n) is 16.2. The van der Waals surface area contributed by atoms with E-state index >= 15 is 0 Å². The third-order valence-electron chi connectivity index (χ3n) is 11.0. The van der Waals surface area contributed by atoms with E-state index in [1.54, 1.807) is 12.2 Å². The van der Waals surface area contributed by atoms with E-state index < -0.39 is 11.9 Å². The Morgan fingerprint density at radius 1 is 0.541 bits per heavy atom. The minimum absolute atomic E-state index is 0.0259. The highest BCUT2D eigenvalue weighted by Crippen LogP contribution is 2.52. The van der Waals surface area contributed by atoms with Crippen LogP contribution in [-0.2, 0) is 19.1 Å². The molecule has 6 nitrogen and oxygen atoms in total. The highest BCUT2D eigenvalue weighted by Gasteiger charge is 2.36. The second-order valence-corrected chi connectivity index (χ2v) is 20.6. The van der Waals surface area contributed by atoms with Crippen LogP contribution in [0.2, 0.25) is 0 Å². The van der Waals surface area contributed by atoms with Gasteiger partial charge in [0, 0.05) is 38.2 Å². The van der Waals surface area contributed by atoms with E-state index in [1.807, 2.05) is 83.5 Å². The number of hydrogen-bond acceptors (Lipinski definition) is 10. The van der Waals surface area contributed by atoms with Gasteiger partial charge in [-0.05, 0) is 70.9 Å². The Bertz CT molecular complexity index is 1780. The molecule has 328 valence electrons. The summed E-state index contributed by atoms with van der Waals surface area (Å²) in [6.07, 6.45) is 22.0.